The number of nitrogens with zero attached hydrogens (tertiary/aromatic N) is 2. The van der Waals surface area contributed by atoms with Crippen molar-refractivity contribution in [3.8, 4) is 0 Å². The van der Waals surface area contributed by atoms with E-state index in [2.05, 4.69) is 4.98 Å². The molecule has 1 saturated heterocycles. The van der Waals surface area contributed by atoms with Crippen LogP contribution in [0.4, 0.5) is 5.69 Å². The molecule has 1 amide bonds. The maximum atomic E-state index is 12.6. The lowest BCUT2D eigenvalue weighted by Crippen LogP contribution is -2.27. The minimum absolute atomic E-state index is 0.0936. The number of carbonyl (C=O) groups excluding carboxylic acids is 1. The summed E-state index contributed by atoms with van der Waals surface area (Å²) in [6, 6.07) is 11.5. The van der Waals surface area contributed by atoms with E-state index < -0.39 is 0 Å². The minimum Gasteiger partial charge on any atom is -0.268 e. The Kier molecular flexibility index (Phi) is 4.09. The van der Waals surface area contributed by atoms with Crippen LogP contribution in [-0.2, 0) is 4.79 Å². The highest BCUT2D eigenvalue weighted by Crippen LogP contribution is 2.36. The van der Waals surface area contributed by atoms with Crippen molar-refractivity contribution >= 4 is 46.0 Å². The average molecular weight is 326 g/mol. The largest absolute Gasteiger partial charge is 0.270 e. The topological polar surface area (TPSA) is 33.2 Å². The Balaban J connectivity index is 1.95. The first-order valence-corrected chi connectivity index (χ1v) is 8.05. The van der Waals surface area contributed by atoms with Gasteiger partial charge in [0.2, 0.25) is 0 Å². The quantitative estimate of drug-likeness (QED) is 0.614. The molecule has 0 bridgehead atoms. The number of thiocarbonyl (C=S) groups is 1. The molecule has 2 aromatic rings. The number of aromatic nitrogens is 1. The van der Waals surface area contributed by atoms with E-state index in [1.807, 2.05) is 50.2 Å². The Morgan fingerprint density at radius 3 is 2.68 bits per heavy atom. The molecule has 2 heterocycles. The van der Waals surface area contributed by atoms with Crippen molar-refractivity contribution in [3.63, 3.8) is 0 Å². The highest BCUT2D eigenvalue weighted by Gasteiger charge is 2.33. The number of rotatable bonds is 2. The van der Waals surface area contributed by atoms with Crippen molar-refractivity contribution in [1.82, 2.24) is 4.98 Å². The number of pyridine rings is 1. The van der Waals surface area contributed by atoms with E-state index in [-0.39, 0.29) is 5.91 Å². The van der Waals surface area contributed by atoms with Gasteiger partial charge in [0.1, 0.15) is 0 Å². The van der Waals surface area contributed by atoms with Crippen molar-refractivity contribution in [3.05, 3.63) is 64.3 Å². The van der Waals surface area contributed by atoms with Crippen LogP contribution in [-0.4, -0.2) is 15.2 Å². The molecule has 0 atom stereocenters. The van der Waals surface area contributed by atoms with E-state index in [0.29, 0.717) is 9.23 Å². The molecule has 0 unspecified atom stereocenters. The maximum absolute atomic E-state index is 12.6. The lowest BCUT2D eigenvalue weighted by atomic mass is 10.1. The van der Waals surface area contributed by atoms with Gasteiger partial charge in [0.15, 0.2) is 4.32 Å². The molecule has 110 valence electrons. The second-order valence-corrected chi connectivity index (χ2v) is 6.72. The molecule has 0 N–H and O–H groups in total. The van der Waals surface area contributed by atoms with Crippen LogP contribution in [0.5, 0.6) is 0 Å². The van der Waals surface area contributed by atoms with E-state index in [0.717, 1.165) is 16.9 Å². The maximum Gasteiger partial charge on any atom is 0.270 e. The zero-order valence-electron chi connectivity index (χ0n) is 12.2. The van der Waals surface area contributed by atoms with Gasteiger partial charge in [0.05, 0.1) is 16.3 Å². The Morgan fingerprint density at radius 2 is 2.00 bits per heavy atom. The summed E-state index contributed by atoms with van der Waals surface area (Å²) < 4.78 is 0.551. The lowest BCUT2D eigenvalue weighted by Gasteiger charge is -2.15. The third-order valence-corrected chi connectivity index (χ3v) is 4.81. The molecule has 22 heavy (non-hydrogen) atoms. The monoisotopic (exact) mass is 326 g/mol. The number of anilines is 1. The number of thioether (sulfide) groups is 1. The van der Waals surface area contributed by atoms with Crippen molar-refractivity contribution in [2.24, 2.45) is 0 Å². The Morgan fingerprint density at radius 1 is 1.18 bits per heavy atom. The molecule has 0 saturated carbocycles. The fraction of sp³-hybridized carbons (Fsp3) is 0.118. The number of hydrogen-bond donors (Lipinski definition) is 0. The molecular formula is C17H14N2OS2. The van der Waals surface area contributed by atoms with E-state index in [1.165, 1.54) is 17.3 Å². The minimum atomic E-state index is -0.0936. The molecular weight excluding hydrogens is 312 g/mol. The van der Waals surface area contributed by atoms with Crippen LogP contribution in [0.15, 0.2) is 47.5 Å². The average Bonchev–Trinajstić information content (AvgIpc) is 2.78. The number of carbonyl (C=O) groups is 1. The summed E-state index contributed by atoms with van der Waals surface area (Å²) in [7, 11) is 0. The second kappa shape index (κ2) is 6.02. The van der Waals surface area contributed by atoms with Crippen LogP contribution < -0.4 is 4.90 Å². The van der Waals surface area contributed by atoms with Gasteiger partial charge in [-0.2, -0.15) is 0 Å². The standard InChI is InChI=1S/C17H14N2OS2/c1-11-6-7-14(9-12(11)2)19-16(20)15(22-17(19)21)10-13-5-3-4-8-18-13/h3-10H,1-2H3/b15-10-. The van der Waals surface area contributed by atoms with Gasteiger partial charge in [-0.15, -0.1) is 0 Å². The van der Waals surface area contributed by atoms with Crippen LogP contribution in [0.1, 0.15) is 16.8 Å². The smallest absolute Gasteiger partial charge is 0.268 e. The van der Waals surface area contributed by atoms with E-state index in [1.54, 1.807) is 17.2 Å². The summed E-state index contributed by atoms with van der Waals surface area (Å²) in [5.74, 6) is -0.0936. The molecule has 3 nitrogen and oxygen atoms in total. The Hall–Kier alpha value is -1.98. The van der Waals surface area contributed by atoms with Crippen LogP contribution in [0, 0.1) is 13.8 Å². The van der Waals surface area contributed by atoms with E-state index in [9.17, 15) is 4.79 Å². The van der Waals surface area contributed by atoms with Gasteiger partial charge in [-0.1, -0.05) is 36.1 Å². The van der Waals surface area contributed by atoms with Crippen LogP contribution in [0.3, 0.4) is 0 Å². The van der Waals surface area contributed by atoms with Gasteiger partial charge in [0, 0.05) is 6.20 Å². The van der Waals surface area contributed by atoms with Gasteiger partial charge in [0.25, 0.3) is 5.91 Å². The summed E-state index contributed by atoms with van der Waals surface area (Å²) in [6.45, 7) is 4.07. The first-order valence-electron chi connectivity index (χ1n) is 6.82. The highest BCUT2D eigenvalue weighted by atomic mass is 32.2. The Labute approximate surface area is 139 Å². The third kappa shape index (κ3) is 2.82. The molecule has 5 heteroatoms. The fourth-order valence-corrected chi connectivity index (χ4v) is 3.43. The summed E-state index contributed by atoms with van der Waals surface area (Å²) in [6.07, 6.45) is 3.48. The molecule has 0 spiro atoms. The van der Waals surface area contributed by atoms with Crippen molar-refractivity contribution in [1.29, 1.82) is 0 Å². The lowest BCUT2D eigenvalue weighted by molar-refractivity contribution is -0.113. The van der Waals surface area contributed by atoms with Crippen molar-refractivity contribution < 1.29 is 4.79 Å². The van der Waals surface area contributed by atoms with E-state index >= 15 is 0 Å². The SMILES string of the molecule is Cc1ccc(N2C(=O)/C(=C/c3ccccn3)SC2=S)cc1C. The second-order valence-electron chi connectivity index (χ2n) is 5.04. The molecule has 1 aromatic carbocycles. The molecule has 0 radical (unpaired) electrons. The molecule has 1 fully saturated rings. The number of hydrogen-bond acceptors (Lipinski definition) is 4. The van der Waals surface area contributed by atoms with E-state index in [4.69, 9.17) is 12.2 Å². The molecule has 1 aliphatic heterocycles. The first-order chi connectivity index (χ1) is 10.6. The van der Waals surface area contributed by atoms with Gasteiger partial charge < -0.3 is 0 Å². The van der Waals surface area contributed by atoms with Gasteiger partial charge >= 0.3 is 0 Å². The molecule has 0 aliphatic carbocycles. The number of amides is 1. The normalized spacial score (nSPS) is 16.6. The predicted octanol–water partition coefficient (Wildman–Crippen LogP) is 4.10. The molecule has 3 rings (SSSR count). The van der Waals surface area contributed by atoms with Gasteiger partial charge in [-0.25, -0.2) is 0 Å². The fourth-order valence-electron chi connectivity index (χ4n) is 2.15. The Bertz CT molecular complexity index is 785. The van der Waals surface area contributed by atoms with Crippen LogP contribution in [0.2, 0.25) is 0 Å². The summed E-state index contributed by atoms with van der Waals surface area (Å²) in [4.78, 5) is 19.0. The molecule has 1 aliphatic rings. The number of benzene rings is 1. The summed E-state index contributed by atoms with van der Waals surface area (Å²) in [5, 5.41) is 0. The zero-order valence-corrected chi connectivity index (χ0v) is 13.9. The molecule has 1 aromatic heterocycles. The highest BCUT2D eigenvalue weighted by molar-refractivity contribution is 8.27. The first kappa shape index (κ1) is 14.9. The van der Waals surface area contributed by atoms with Crippen molar-refractivity contribution in [2.45, 2.75) is 13.8 Å². The van der Waals surface area contributed by atoms with Crippen LogP contribution >= 0.6 is 24.0 Å². The zero-order chi connectivity index (χ0) is 15.7. The third-order valence-electron chi connectivity index (χ3n) is 3.51. The predicted molar refractivity (Wildman–Crippen MR) is 95.8 cm³/mol. The number of aryl methyl sites for hydroxylation is 2. The van der Waals surface area contributed by atoms with Gasteiger partial charge in [-0.3, -0.25) is 14.7 Å². The van der Waals surface area contributed by atoms with Crippen molar-refractivity contribution in [2.75, 3.05) is 4.90 Å². The summed E-state index contributed by atoms with van der Waals surface area (Å²) in [5.41, 5.74) is 3.90. The summed E-state index contributed by atoms with van der Waals surface area (Å²) >= 11 is 6.69. The van der Waals surface area contributed by atoms with Gasteiger partial charge in [-0.05, 0) is 55.3 Å². The van der Waals surface area contributed by atoms with Crippen LogP contribution in [0.25, 0.3) is 6.08 Å².